The predicted octanol–water partition coefficient (Wildman–Crippen LogP) is 3.91. The van der Waals surface area contributed by atoms with Gasteiger partial charge in [-0.25, -0.2) is 0 Å². The summed E-state index contributed by atoms with van der Waals surface area (Å²) in [7, 11) is 1.68. The summed E-state index contributed by atoms with van der Waals surface area (Å²) in [5.41, 5.74) is 1.09. The van der Waals surface area contributed by atoms with Gasteiger partial charge >= 0.3 is 0 Å². The van der Waals surface area contributed by atoms with Crippen LogP contribution in [-0.2, 0) is 0 Å². The van der Waals surface area contributed by atoms with Crippen molar-refractivity contribution in [2.75, 3.05) is 12.4 Å². The molecule has 0 fully saturated rings. The molecule has 0 aliphatic carbocycles. The Morgan fingerprint density at radius 2 is 1.93 bits per heavy atom. The first kappa shape index (κ1) is 12.4. The smallest absolute Gasteiger partial charge is 0.135 e. The van der Waals surface area contributed by atoms with Crippen LogP contribution < -0.4 is 10.1 Å². The molecule has 1 aromatic carbocycles. The Morgan fingerprint density at radius 1 is 1.27 bits per heavy atom. The van der Waals surface area contributed by atoms with E-state index in [1.165, 1.54) is 0 Å². The maximum atomic E-state index is 5.24. The molecule has 0 amide bonds. The molecule has 0 saturated carbocycles. The summed E-state index contributed by atoms with van der Waals surface area (Å²) in [6.07, 6.45) is 0. The van der Waals surface area contributed by atoms with Gasteiger partial charge in [-0.2, -0.15) is 0 Å². The van der Waals surface area contributed by atoms with Crippen molar-refractivity contribution in [2.45, 2.75) is 26.8 Å². The Morgan fingerprint density at radius 3 is 2.47 bits per heavy atom. The Labute approximate surface area is 100 Å². The lowest BCUT2D eigenvalue weighted by atomic mass is 10.1. The van der Waals surface area contributed by atoms with Gasteiger partial charge in [0.05, 0.1) is 11.6 Å². The minimum Gasteiger partial charge on any atom is -0.495 e. The van der Waals surface area contributed by atoms with Gasteiger partial charge in [0.2, 0.25) is 0 Å². The molecular weight excluding hydrogens is 254 g/mol. The zero-order chi connectivity index (χ0) is 11.4. The minimum absolute atomic E-state index is 0.455. The van der Waals surface area contributed by atoms with E-state index in [4.69, 9.17) is 4.74 Å². The van der Waals surface area contributed by atoms with Gasteiger partial charge in [0.25, 0.3) is 0 Å². The van der Waals surface area contributed by atoms with Crippen LogP contribution in [0.25, 0.3) is 0 Å². The van der Waals surface area contributed by atoms with E-state index in [9.17, 15) is 0 Å². The molecule has 84 valence electrons. The monoisotopic (exact) mass is 271 g/mol. The largest absolute Gasteiger partial charge is 0.495 e. The van der Waals surface area contributed by atoms with Gasteiger partial charge < -0.3 is 10.1 Å². The van der Waals surface area contributed by atoms with E-state index in [2.05, 4.69) is 42.0 Å². The fourth-order valence-corrected chi connectivity index (χ4v) is 1.59. The molecule has 1 rings (SSSR count). The highest BCUT2D eigenvalue weighted by Gasteiger charge is 2.08. The molecule has 0 unspecified atom stereocenters. The normalized spacial score (nSPS) is 12.7. The number of rotatable bonds is 4. The quantitative estimate of drug-likeness (QED) is 0.897. The molecule has 0 bridgehead atoms. The highest BCUT2D eigenvalue weighted by molar-refractivity contribution is 9.10. The maximum Gasteiger partial charge on any atom is 0.135 e. The van der Waals surface area contributed by atoms with Crippen LogP contribution in [0.15, 0.2) is 22.7 Å². The molecule has 0 radical (unpaired) electrons. The summed E-state index contributed by atoms with van der Waals surface area (Å²) in [6, 6.07) is 6.50. The molecule has 0 spiro atoms. The molecule has 1 atom stereocenters. The van der Waals surface area contributed by atoms with Crippen molar-refractivity contribution < 1.29 is 4.74 Å². The van der Waals surface area contributed by atoms with Crippen LogP contribution in [0.3, 0.4) is 0 Å². The number of hydrogen-bond acceptors (Lipinski definition) is 2. The van der Waals surface area contributed by atoms with Gasteiger partial charge in [-0.3, -0.25) is 0 Å². The fourth-order valence-electron chi connectivity index (χ4n) is 1.18. The van der Waals surface area contributed by atoms with E-state index >= 15 is 0 Å². The van der Waals surface area contributed by atoms with Crippen LogP contribution in [0.2, 0.25) is 0 Å². The van der Waals surface area contributed by atoms with Gasteiger partial charge in [0, 0.05) is 17.8 Å². The highest BCUT2D eigenvalue weighted by atomic mass is 79.9. The van der Waals surface area contributed by atoms with Crippen molar-refractivity contribution in [1.29, 1.82) is 0 Å². The van der Waals surface area contributed by atoms with Crippen LogP contribution in [0.1, 0.15) is 20.8 Å². The average Bonchev–Trinajstić information content (AvgIpc) is 2.20. The number of benzene rings is 1. The number of nitrogens with one attached hydrogen (secondary N) is 1. The molecule has 1 N–H and O–H groups in total. The van der Waals surface area contributed by atoms with Crippen molar-refractivity contribution in [1.82, 2.24) is 0 Å². The molecule has 15 heavy (non-hydrogen) atoms. The molecule has 2 nitrogen and oxygen atoms in total. The van der Waals surface area contributed by atoms with Crippen LogP contribution in [0.4, 0.5) is 5.69 Å². The highest BCUT2D eigenvalue weighted by Crippen LogP contribution is 2.28. The first-order valence-electron chi connectivity index (χ1n) is 5.14. The summed E-state index contributed by atoms with van der Waals surface area (Å²) in [5.74, 6) is 1.47. The van der Waals surface area contributed by atoms with Gasteiger partial charge in [-0.1, -0.05) is 13.8 Å². The lowest BCUT2D eigenvalue weighted by molar-refractivity contribution is 0.412. The zero-order valence-corrected chi connectivity index (χ0v) is 11.3. The van der Waals surface area contributed by atoms with Gasteiger partial charge in [-0.15, -0.1) is 0 Å². The topological polar surface area (TPSA) is 21.3 Å². The lowest BCUT2D eigenvalue weighted by Crippen LogP contribution is -2.21. The molecule has 0 aromatic heterocycles. The molecule has 0 aliphatic rings. The van der Waals surface area contributed by atoms with Crippen LogP contribution >= 0.6 is 15.9 Å². The summed E-state index contributed by atoms with van der Waals surface area (Å²) < 4.78 is 6.22. The fraction of sp³-hybridized carbons (Fsp3) is 0.500. The summed E-state index contributed by atoms with van der Waals surface area (Å²) in [6.45, 7) is 6.58. The third-order valence-electron chi connectivity index (χ3n) is 2.55. The molecule has 0 saturated heterocycles. The van der Waals surface area contributed by atoms with E-state index in [0.717, 1.165) is 15.9 Å². The number of methoxy groups -OCH3 is 1. The number of anilines is 1. The van der Waals surface area contributed by atoms with E-state index in [1.54, 1.807) is 7.11 Å². The predicted molar refractivity (Wildman–Crippen MR) is 68.6 cm³/mol. The number of hydrogen-bond donors (Lipinski definition) is 1. The van der Waals surface area contributed by atoms with Gasteiger partial charge in [0.15, 0.2) is 0 Å². The number of ether oxygens (including phenoxy) is 1. The Hall–Kier alpha value is -0.700. The average molecular weight is 272 g/mol. The Bertz CT molecular complexity index is 325. The van der Waals surface area contributed by atoms with E-state index in [-0.39, 0.29) is 0 Å². The van der Waals surface area contributed by atoms with E-state index in [0.29, 0.717) is 12.0 Å². The van der Waals surface area contributed by atoms with Crippen LogP contribution in [0, 0.1) is 5.92 Å². The third kappa shape index (κ3) is 3.42. The summed E-state index contributed by atoms with van der Waals surface area (Å²) >= 11 is 3.43. The van der Waals surface area contributed by atoms with Crippen LogP contribution in [-0.4, -0.2) is 13.2 Å². The SMILES string of the molecule is COc1cc(N[C@@H](C)C(C)C)ccc1Br. The molecule has 3 heteroatoms. The van der Waals surface area contributed by atoms with Crippen molar-refractivity contribution in [2.24, 2.45) is 5.92 Å². The van der Waals surface area contributed by atoms with Crippen molar-refractivity contribution in [3.05, 3.63) is 22.7 Å². The number of halogens is 1. The standard InChI is InChI=1S/C12H18BrNO/c1-8(2)9(3)14-10-5-6-11(13)12(7-10)15-4/h5-9,14H,1-4H3/t9-/m0/s1. The Balaban J connectivity index is 2.78. The molecular formula is C12H18BrNO. The Kier molecular flexibility index (Phi) is 4.45. The molecule has 0 aliphatic heterocycles. The summed E-state index contributed by atoms with van der Waals surface area (Å²) in [4.78, 5) is 0. The van der Waals surface area contributed by atoms with Crippen molar-refractivity contribution >= 4 is 21.6 Å². The first-order valence-corrected chi connectivity index (χ1v) is 5.94. The summed E-state index contributed by atoms with van der Waals surface area (Å²) in [5, 5.41) is 3.44. The van der Waals surface area contributed by atoms with Crippen LogP contribution in [0.5, 0.6) is 5.75 Å². The second-order valence-electron chi connectivity index (χ2n) is 4.03. The van der Waals surface area contributed by atoms with Gasteiger partial charge in [-0.05, 0) is 40.9 Å². The molecule has 1 aromatic rings. The third-order valence-corrected chi connectivity index (χ3v) is 3.20. The second-order valence-corrected chi connectivity index (χ2v) is 4.88. The van der Waals surface area contributed by atoms with Gasteiger partial charge in [0.1, 0.15) is 5.75 Å². The first-order chi connectivity index (χ1) is 7.04. The van der Waals surface area contributed by atoms with Crippen molar-refractivity contribution in [3.8, 4) is 5.75 Å². The van der Waals surface area contributed by atoms with Crippen molar-refractivity contribution in [3.63, 3.8) is 0 Å². The van der Waals surface area contributed by atoms with E-state index in [1.807, 2.05) is 18.2 Å². The second kappa shape index (κ2) is 5.40. The molecule has 0 heterocycles. The zero-order valence-electron chi connectivity index (χ0n) is 9.67. The van der Waals surface area contributed by atoms with E-state index < -0.39 is 0 Å². The lowest BCUT2D eigenvalue weighted by Gasteiger charge is -2.19. The maximum absolute atomic E-state index is 5.24. The minimum atomic E-state index is 0.455.